The van der Waals surface area contributed by atoms with Crippen molar-refractivity contribution in [1.82, 2.24) is 14.9 Å². The molecule has 2 aromatic heterocycles. The Hall–Kier alpha value is -2.86. The molecule has 1 fully saturated rings. The van der Waals surface area contributed by atoms with Crippen LogP contribution in [0.5, 0.6) is 5.75 Å². The SMILES string of the molecule is COc1cccc(Nc2c(C(=O)N3CCC(C)CC3)cnc3nc(C)ccc23)c1.Cl. The molecule has 3 heterocycles. The predicted molar refractivity (Wildman–Crippen MR) is 122 cm³/mol. The summed E-state index contributed by atoms with van der Waals surface area (Å²) in [5.41, 5.74) is 3.67. The van der Waals surface area contributed by atoms with Gasteiger partial charge in [-0.1, -0.05) is 13.0 Å². The van der Waals surface area contributed by atoms with E-state index in [0.29, 0.717) is 17.1 Å². The quantitative estimate of drug-likeness (QED) is 0.636. The molecule has 0 radical (unpaired) electrons. The number of carbonyl (C=O) groups excluding carboxylic acids is 1. The summed E-state index contributed by atoms with van der Waals surface area (Å²) in [5, 5.41) is 4.26. The van der Waals surface area contributed by atoms with Crippen LogP contribution in [-0.2, 0) is 0 Å². The summed E-state index contributed by atoms with van der Waals surface area (Å²) in [6.07, 6.45) is 3.72. The van der Waals surface area contributed by atoms with Crippen LogP contribution in [0.4, 0.5) is 11.4 Å². The second-order valence-electron chi connectivity index (χ2n) is 7.70. The van der Waals surface area contributed by atoms with Crippen LogP contribution in [0.2, 0.25) is 0 Å². The molecule has 6 nitrogen and oxygen atoms in total. The van der Waals surface area contributed by atoms with Gasteiger partial charge in [0.05, 0.1) is 18.4 Å². The lowest BCUT2D eigenvalue weighted by molar-refractivity contribution is 0.0698. The summed E-state index contributed by atoms with van der Waals surface area (Å²) >= 11 is 0. The molecule has 1 amide bonds. The van der Waals surface area contributed by atoms with E-state index in [1.165, 1.54) is 0 Å². The van der Waals surface area contributed by atoms with E-state index in [4.69, 9.17) is 4.74 Å². The van der Waals surface area contributed by atoms with Gasteiger partial charge in [-0.15, -0.1) is 12.4 Å². The first kappa shape index (κ1) is 21.8. The highest BCUT2D eigenvalue weighted by Gasteiger charge is 2.25. The van der Waals surface area contributed by atoms with Crippen molar-refractivity contribution in [3.8, 4) is 5.75 Å². The maximum atomic E-state index is 13.4. The topological polar surface area (TPSA) is 67.3 Å². The highest BCUT2D eigenvalue weighted by atomic mass is 35.5. The minimum Gasteiger partial charge on any atom is -0.497 e. The van der Waals surface area contributed by atoms with Gasteiger partial charge in [0.25, 0.3) is 5.91 Å². The number of nitrogens with one attached hydrogen (secondary N) is 1. The molecule has 0 spiro atoms. The molecule has 158 valence electrons. The van der Waals surface area contributed by atoms with Crippen LogP contribution in [0.25, 0.3) is 11.0 Å². The number of anilines is 2. The third-order valence-corrected chi connectivity index (χ3v) is 5.51. The van der Waals surface area contributed by atoms with Gasteiger partial charge in [0.15, 0.2) is 5.65 Å². The van der Waals surface area contributed by atoms with E-state index < -0.39 is 0 Å². The molecule has 7 heteroatoms. The van der Waals surface area contributed by atoms with E-state index in [9.17, 15) is 4.79 Å². The summed E-state index contributed by atoms with van der Waals surface area (Å²) in [6, 6.07) is 11.6. The van der Waals surface area contributed by atoms with Gasteiger partial charge in [0, 0.05) is 42.1 Å². The van der Waals surface area contributed by atoms with E-state index in [1.807, 2.05) is 48.2 Å². The summed E-state index contributed by atoms with van der Waals surface area (Å²) in [5.74, 6) is 1.42. The number of likely N-dealkylation sites (tertiary alicyclic amines) is 1. The molecule has 1 aromatic carbocycles. The average Bonchev–Trinajstić information content (AvgIpc) is 2.74. The number of rotatable bonds is 4. The second kappa shape index (κ2) is 9.30. The molecule has 0 aliphatic carbocycles. The van der Waals surface area contributed by atoms with Crippen molar-refractivity contribution >= 4 is 40.7 Å². The van der Waals surface area contributed by atoms with Crippen LogP contribution in [0.15, 0.2) is 42.6 Å². The zero-order valence-electron chi connectivity index (χ0n) is 17.5. The van der Waals surface area contributed by atoms with Crippen molar-refractivity contribution in [1.29, 1.82) is 0 Å². The van der Waals surface area contributed by atoms with Gasteiger partial charge in [-0.05, 0) is 49.9 Å². The summed E-state index contributed by atoms with van der Waals surface area (Å²) in [6.45, 7) is 5.74. The number of halogens is 1. The Morgan fingerprint density at radius 2 is 1.97 bits per heavy atom. The Bertz CT molecular complexity index is 1050. The maximum Gasteiger partial charge on any atom is 0.257 e. The van der Waals surface area contributed by atoms with E-state index in [-0.39, 0.29) is 18.3 Å². The number of ether oxygens (including phenoxy) is 1. The molecule has 1 saturated heterocycles. The summed E-state index contributed by atoms with van der Waals surface area (Å²) in [4.78, 5) is 24.3. The van der Waals surface area contributed by atoms with Crippen LogP contribution < -0.4 is 10.1 Å². The molecule has 0 atom stereocenters. The smallest absolute Gasteiger partial charge is 0.257 e. The number of hydrogen-bond donors (Lipinski definition) is 1. The number of hydrogen-bond acceptors (Lipinski definition) is 5. The molecule has 30 heavy (non-hydrogen) atoms. The van der Waals surface area contributed by atoms with Crippen LogP contribution in [-0.4, -0.2) is 41.0 Å². The maximum absolute atomic E-state index is 13.4. The molecular weight excluding hydrogens is 400 g/mol. The zero-order valence-corrected chi connectivity index (χ0v) is 18.3. The summed E-state index contributed by atoms with van der Waals surface area (Å²) < 4.78 is 5.34. The van der Waals surface area contributed by atoms with Crippen LogP contribution >= 0.6 is 12.4 Å². The Kier molecular flexibility index (Phi) is 6.77. The zero-order chi connectivity index (χ0) is 20.4. The number of nitrogens with zero attached hydrogens (tertiary/aromatic N) is 3. The van der Waals surface area contributed by atoms with E-state index >= 15 is 0 Å². The van der Waals surface area contributed by atoms with Gasteiger partial charge in [-0.3, -0.25) is 4.79 Å². The molecule has 1 aliphatic rings. The molecule has 0 unspecified atom stereocenters. The van der Waals surface area contributed by atoms with Gasteiger partial charge in [0.2, 0.25) is 0 Å². The largest absolute Gasteiger partial charge is 0.497 e. The van der Waals surface area contributed by atoms with E-state index in [1.54, 1.807) is 13.3 Å². The first-order chi connectivity index (χ1) is 14.0. The lowest BCUT2D eigenvalue weighted by Gasteiger charge is -2.31. The fraction of sp³-hybridized carbons (Fsp3) is 0.348. The third-order valence-electron chi connectivity index (χ3n) is 5.51. The number of aromatic nitrogens is 2. The van der Waals surface area contributed by atoms with Crippen molar-refractivity contribution in [3.63, 3.8) is 0 Å². The number of benzene rings is 1. The molecule has 3 aromatic rings. The number of carbonyl (C=O) groups is 1. The monoisotopic (exact) mass is 426 g/mol. The lowest BCUT2D eigenvalue weighted by atomic mass is 9.98. The third kappa shape index (κ3) is 4.49. The van der Waals surface area contributed by atoms with Crippen LogP contribution in [0.3, 0.4) is 0 Å². The van der Waals surface area contributed by atoms with Gasteiger partial charge in [-0.25, -0.2) is 9.97 Å². The van der Waals surface area contributed by atoms with Gasteiger partial charge in [0.1, 0.15) is 5.75 Å². The first-order valence-electron chi connectivity index (χ1n) is 10.0. The fourth-order valence-corrected chi connectivity index (χ4v) is 3.70. The predicted octanol–water partition coefficient (Wildman–Crippen LogP) is 4.98. The van der Waals surface area contributed by atoms with Crippen molar-refractivity contribution in [3.05, 3.63) is 53.9 Å². The molecule has 1 aliphatic heterocycles. The Labute approximate surface area is 183 Å². The van der Waals surface area contributed by atoms with Crippen molar-refractivity contribution in [2.45, 2.75) is 26.7 Å². The van der Waals surface area contributed by atoms with Gasteiger partial charge in [-0.2, -0.15) is 0 Å². The standard InChI is InChI=1S/C23H26N4O2.ClH/c1-15-9-11-27(12-10-15)23(28)20-14-24-22-19(8-7-16(2)25-22)21(20)26-17-5-4-6-18(13-17)29-3;/h4-8,13-15H,9-12H2,1-3H3,(H,24,25,26);1H. The fourth-order valence-electron chi connectivity index (χ4n) is 3.70. The Balaban J connectivity index is 0.00000256. The highest BCUT2D eigenvalue weighted by molar-refractivity contribution is 6.07. The minimum atomic E-state index is 0. The minimum absolute atomic E-state index is 0. The lowest BCUT2D eigenvalue weighted by Crippen LogP contribution is -2.38. The Morgan fingerprint density at radius 1 is 1.20 bits per heavy atom. The van der Waals surface area contributed by atoms with Crippen molar-refractivity contribution in [2.24, 2.45) is 5.92 Å². The Morgan fingerprint density at radius 3 is 2.70 bits per heavy atom. The molecule has 1 N–H and O–H groups in total. The summed E-state index contributed by atoms with van der Waals surface area (Å²) in [7, 11) is 1.64. The number of pyridine rings is 2. The van der Waals surface area contributed by atoms with E-state index in [2.05, 4.69) is 22.2 Å². The number of amides is 1. The number of fused-ring (bicyclic) bond motifs is 1. The van der Waals surface area contributed by atoms with Crippen LogP contribution in [0.1, 0.15) is 35.8 Å². The number of aryl methyl sites for hydroxylation is 1. The first-order valence-corrected chi connectivity index (χ1v) is 10.0. The van der Waals surface area contributed by atoms with Crippen LogP contribution in [0, 0.1) is 12.8 Å². The second-order valence-corrected chi connectivity index (χ2v) is 7.70. The highest BCUT2D eigenvalue weighted by Crippen LogP contribution is 2.31. The van der Waals surface area contributed by atoms with Gasteiger partial charge < -0.3 is 15.0 Å². The average molecular weight is 427 g/mol. The molecule has 4 rings (SSSR count). The normalized spacial score (nSPS) is 14.3. The molecule has 0 saturated carbocycles. The van der Waals surface area contributed by atoms with Gasteiger partial charge >= 0.3 is 0 Å². The molecular formula is C23H27ClN4O2. The molecule has 0 bridgehead atoms. The van der Waals surface area contributed by atoms with Crippen molar-refractivity contribution < 1.29 is 9.53 Å². The van der Waals surface area contributed by atoms with E-state index in [0.717, 1.165) is 54.1 Å². The number of piperidine rings is 1. The van der Waals surface area contributed by atoms with Crippen molar-refractivity contribution in [2.75, 3.05) is 25.5 Å². The number of methoxy groups -OCH3 is 1.